The molecule has 0 radical (unpaired) electrons. The summed E-state index contributed by atoms with van der Waals surface area (Å²) in [5.74, 6) is 0.938. The Hall–Kier alpha value is -0.120. The molecular formula is C17H31NO2. The van der Waals surface area contributed by atoms with E-state index in [0.717, 1.165) is 51.3 Å². The Balaban J connectivity index is 1.48. The van der Waals surface area contributed by atoms with Crippen LogP contribution in [-0.4, -0.2) is 47.4 Å². The number of nitrogens with zero attached hydrogens (tertiary/aromatic N) is 1. The zero-order valence-corrected chi connectivity index (χ0v) is 13.1. The monoisotopic (exact) mass is 281 g/mol. The summed E-state index contributed by atoms with van der Waals surface area (Å²) in [5.41, 5.74) is -0.533. The van der Waals surface area contributed by atoms with Gasteiger partial charge < -0.3 is 14.7 Å². The predicted octanol–water partition coefficient (Wildman–Crippen LogP) is 2.96. The molecule has 20 heavy (non-hydrogen) atoms. The summed E-state index contributed by atoms with van der Waals surface area (Å²) in [6.45, 7) is 6.33. The first-order chi connectivity index (χ1) is 9.57. The molecule has 2 heterocycles. The molecule has 1 N–H and O–H groups in total. The normalized spacial score (nSPS) is 36.3. The van der Waals surface area contributed by atoms with E-state index in [4.69, 9.17) is 4.74 Å². The first kappa shape index (κ1) is 14.8. The molecule has 0 bridgehead atoms. The van der Waals surface area contributed by atoms with Crippen LogP contribution in [0.1, 0.15) is 64.7 Å². The number of hydrogen-bond acceptors (Lipinski definition) is 3. The van der Waals surface area contributed by atoms with Crippen LogP contribution < -0.4 is 0 Å². The molecular weight excluding hydrogens is 250 g/mol. The average molecular weight is 281 g/mol. The third kappa shape index (κ3) is 3.55. The Kier molecular flexibility index (Phi) is 4.40. The lowest BCUT2D eigenvalue weighted by molar-refractivity contribution is -0.173. The highest BCUT2D eigenvalue weighted by atomic mass is 16.5. The lowest BCUT2D eigenvalue weighted by atomic mass is 9.77. The molecule has 1 aliphatic carbocycles. The quantitative estimate of drug-likeness (QED) is 0.844. The molecule has 1 unspecified atom stereocenters. The summed E-state index contributed by atoms with van der Waals surface area (Å²) in [7, 11) is 0. The van der Waals surface area contributed by atoms with E-state index >= 15 is 0 Å². The Labute approximate surface area is 123 Å². The van der Waals surface area contributed by atoms with E-state index in [1.807, 2.05) is 6.92 Å². The van der Waals surface area contributed by atoms with Gasteiger partial charge in [-0.15, -0.1) is 0 Å². The van der Waals surface area contributed by atoms with E-state index in [2.05, 4.69) is 4.90 Å². The number of hydrogen-bond donors (Lipinski definition) is 1. The van der Waals surface area contributed by atoms with Gasteiger partial charge in [-0.05, 0) is 44.9 Å². The molecule has 0 aromatic rings. The third-order valence-corrected chi connectivity index (χ3v) is 5.76. The van der Waals surface area contributed by atoms with Gasteiger partial charge in [0.25, 0.3) is 0 Å². The highest BCUT2D eigenvalue weighted by molar-refractivity contribution is 4.96. The second-order valence-electron chi connectivity index (χ2n) is 7.76. The molecule has 1 spiro atoms. The number of piperidine rings is 1. The lowest BCUT2D eigenvalue weighted by Gasteiger charge is -2.48. The van der Waals surface area contributed by atoms with Gasteiger partial charge >= 0.3 is 0 Å². The van der Waals surface area contributed by atoms with Crippen LogP contribution in [0.5, 0.6) is 0 Å². The van der Waals surface area contributed by atoms with Gasteiger partial charge in [0.15, 0.2) is 0 Å². The van der Waals surface area contributed by atoms with Crippen LogP contribution in [0.25, 0.3) is 0 Å². The molecule has 0 aromatic heterocycles. The Morgan fingerprint density at radius 3 is 2.45 bits per heavy atom. The second kappa shape index (κ2) is 5.94. The van der Waals surface area contributed by atoms with E-state index in [-0.39, 0.29) is 5.60 Å². The van der Waals surface area contributed by atoms with Crippen molar-refractivity contribution in [2.45, 2.75) is 75.9 Å². The molecule has 116 valence electrons. The van der Waals surface area contributed by atoms with E-state index in [9.17, 15) is 5.11 Å². The minimum atomic E-state index is -0.510. The van der Waals surface area contributed by atoms with Crippen molar-refractivity contribution in [3.8, 4) is 0 Å². The fourth-order valence-corrected chi connectivity index (χ4v) is 4.52. The van der Waals surface area contributed by atoms with Crippen LogP contribution in [0.3, 0.4) is 0 Å². The van der Waals surface area contributed by atoms with Gasteiger partial charge in [0.1, 0.15) is 0 Å². The lowest BCUT2D eigenvalue weighted by Crippen LogP contribution is -2.54. The van der Waals surface area contributed by atoms with Gasteiger partial charge in [0.05, 0.1) is 17.8 Å². The Morgan fingerprint density at radius 2 is 1.80 bits per heavy atom. The van der Waals surface area contributed by atoms with E-state index in [0.29, 0.717) is 0 Å². The summed E-state index contributed by atoms with van der Waals surface area (Å²) in [5, 5.41) is 10.3. The molecule has 2 saturated heterocycles. The predicted molar refractivity (Wildman–Crippen MR) is 80.8 cm³/mol. The Bertz CT molecular complexity index is 315. The first-order valence-corrected chi connectivity index (χ1v) is 8.66. The van der Waals surface area contributed by atoms with E-state index in [1.165, 1.54) is 38.6 Å². The van der Waals surface area contributed by atoms with Crippen LogP contribution in [0.15, 0.2) is 0 Å². The SMILES string of the molecule is CC1(O)CCOC2(CCN(CC3CCCCC3)CC2)C1. The maximum Gasteiger partial charge on any atom is 0.0734 e. The minimum Gasteiger partial charge on any atom is -0.390 e. The number of aliphatic hydroxyl groups is 1. The average Bonchev–Trinajstić information content (AvgIpc) is 2.42. The van der Waals surface area contributed by atoms with Crippen molar-refractivity contribution in [3.05, 3.63) is 0 Å². The van der Waals surface area contributed by atoms with Crippen molar-refractivity contribution in [3.63, 3.8) is 0 Å². The maximum absolute atomic E-state index is 10.3. The summed E-state index contributed by atoms with van der Waals surface area (Å²) in [6.07, 6.45) is 11.0. The Morgan fingerprint density at radius 1 is 1.10 bits per heavy atom. The largest absolute Gasteiger partial charge is 0.390 e. The minimum absolute atomic E-state index is 0.0230. The summed E-state index contributed by atoms with van der Waals surface area (Å²) in [6, 6.07) is 0. The van der Waals surface area contributed by atoms with Crippen molar-refractivity contribution in [1.29, 1.82) is 0 Å². The van der Waals surface area contributed by atoms with Crippen molar-refractivity contribution in [2.75, 3.05) is 26.2 Å². The van der Waals surface area contributed by atoms with Gasteiger partial charge in [-0.1, -0.05) is 19.3 Å². The summed E-state index contributed by atoms with van der Waals surface area (Å²) < 4.78 is 6.09. The third-order valence-electron chi connectivity index (χ3n) is 5.76. The highest BCUT2D eigenvalue weighted by Gasteiger charge is 2.44. The van der Waals surface area contributed by atoms with Gasteiger partial charge in [-0.25, -0.2) is 0 Å². The van der Waals surface area contributed by atoms with E-state index < -0.39 is 5.60 Å². The highest BCUT2D eigenvalue weighted by Crippen LogP contribution is 2.39. The molecule has 1 saturated carbocycles. The van der Waals surface area contributed by atoms with Crippen LogP contribution in [-0.2, 0) is 4.74 Å². The molecule has 3 rings (SSSR count). The van der Waals surface area contributed by atoms with Crippen LogP contribution in [0.2, 0.25) is 0 Å². The standard InChI is InChI=1S/C17H31NO2/c1-16(19)9-12-20-17(14-16)7-10-18(11-8-17)13-15-5-3-2-4-6-15/h15,19H,2-14H2,1H3. The second-order valence-corrected chi connectivity index (χ2v) is 7.76. The molecule has 2 aliphatic heterocycles. The topological polar surface area (TPSA) is 32.7 Å². The van der Waals surface area contributed by atoms with Gasteiger partial charge in [0.2, 0.25) is 0 Å². The maximum atomic E-state index is 10.3. The molecule has 3 nitrogen and oxygen atoms in total. The van der Waals surface area contributed by atoms with Gasteiger partial charge in [-0.3, -0.25) is 0 Å². The van der Waals surface area contributed by atoms with Crippen LogP contribution in [0.4, 0.5) is 0 Å². The molecule has 0 amide bonds. The molecule has 3 fully saturated rings. The van der Waals surface area contributed by atoms with Crippen molar-refractivity contribution in [1.82, 2.24) is 4.90 Å². The fraction of sp³-hybridized carbons (Fsp3) is 1.00. The smallest absolute Gasteiger partial charge is 0.0734 e. The van der Waals surface area contributed by atoms with E-state index in [1.54, 1.807) is 0 Å². The fourth-order valence-electron chi connectivity index (χ4n) is 4.52. The first-order valence-electron chi connectivity index (χ1n) is 8.66. The summed E-state index contributed by atoms with van der Waals surface area (Å²) in [4.78, 5) is 2.65. The summed E-state index contributed by atoms with van der Waals surface area (Å²) >= 11 is 0. The number of ether oxygens (including phenoxy) is 1. The van der Waals surface area contributed by atoms with Gasteiger partial charge in [-0.2, -0.15) is 0 Å². The van der Waals surface area contributed by atoms with Crippen molar-refractivity contribution in [2.24, 2.45) is 5.92 Å². The van der Waals surface area contributed by atoms with Crippen LogP contribution >= 0.6 is 0 Å². The zero-order valence-electron chi connectivity index (χ0n) is 13.1. The zero-order chi connectivity index (χ0) is 14.1. The molecule has 3 aliphatic rings. The molecule has 3 heteroatoms. The van der Waals surface area contributed by atoms with Crippen molar-refractivity contribution >= 4 is 0 Å². The number of rotatable bonds is 2. The van der Waals surface area contributed by atoms with Crippen molar-refractivity contribution < 1.29 is 9.84 Å². The molecule has 1 atom stereocenters. The van der Waals surface area contributed by atoms with Crippen LogP contribution in [0, 0.1) is 5.92 Å². The van der Waals surface area contributed by atoms with Gasteiger partial charge in [0, 0.05) is 26.1 Å². The molecule has 0 aromatic carbocycles. The number of likely N-dealkylation sites (tertiary alicyclic amines) is 1.